The van der Waals surface area contributed by atoms with Crippen LogP contribution in [0.2, 0.25) is 0 Å². The molecule has 1 amide bonds. The van der Waals surface area contributed by atoms with Crippen molar-refractivity contribution in [1.29, 1.82) is 0 Å². The number of aromatic nitrogens is 3. The minimum absolute atomic E-state index is 0.218. The first kappa shape index (κ1) is 9.59. The van der Waals surface area contributed by atoms with E-state index in [1.54, 1.807) is 24.5 Å². The van der Waals surface area contributed by atoms with Crippen LogP contribution >= 0.6 is 0 Å². The van der Waals surface area contributed by atoms with E-state index in [2.05, 4.69) is 25.0 Å². The number of benzene rings is 1. The largest absolute Gasteiger partial charge is 0.363 e. The molecule has 0 aliphatic heterocycles. The van der Waals surface area contributed by atoms with Crippen LogP contribution in [0.25, 0.3) is 11.0 Å². The lowest BCUT2D eigenvalue weighted by atomic mass is 10.2. The van der Waals surface area contributed by atoms with E-state index in [-0.39, 0.29) is 5.91 Å². The SMILES string of the molecule is O=C(Nc1cnoc1)c1ccc2nc[nH]c2c1. The lowest BCUT2D eigenvalue weighted by Crippen LogP contribution is -2.11. The third-order valence-corrected chi connectivity index (χ3v) is 2.37. The molecule has 0 radical (unpaired) electrons. The smallest absolute Gasteiger partial charge is 0.255 e. The second kappa shape index (κ2) is 3.75. The Morgan fingerprint density at radius 2 is 2.35 bits per heavy atom. The first-order valence-electron chi connectivity index (χ1n) is 4.97. The van der Waals surface area contributed by atoms with Crippen LogP contribution < -0.4 is 5.32 Å². The van der Waals surface area contributed by atoms with Gasteiger partial charge in [0.1, 0.15) is 12.0 Å². The van der Waals surface area contributed by atoms with Crippen LogP contribution in [-0.4, -0.2) is 21.0 Å². The molecule has 0 saturated carbocycles. The number of nitrogens with one attached hydrogen (secondary N) is 2. The predicted molar refractivity (Wildman–Crippen MR) is 60.5 cm³/mol. The van der Waals surface area contributed by atoms with Gasteiger partial charge in [0.25, 0.3) is 5.91 Å². The number of imidazole rings is 1. The average Bonchev–Trinajstić information content (AvgIpc) is 2.97. The van der Waals surface area contributed by atoms with Gasteiger partial charge in [-0.15, -0.1) is 0 Å². The number of aromatic amines is 1. The third-order valence-electron chi connectivity index (χ3n) is 2.37. The quantitative estimate of drug-likeness (QED) is 0.700. The third kappa shape index (κ3) is 1.76. The summed E-state index contributed by atoms with van der Waals surface area (Å²) in [6, 6.07) is 5.24. The Hall–Kier alpha value is -2.63. The van der Waals surface area contributed by atoms with Gasteiger partial charge in [-0.1, -0.05) is 5.16 Å². The summed E-state index contributed by atoms with van der Waals surface area (Å²) in [7, 11) is 0. The Morgan fingerprint density at radius 1 is 1.41 bits per heavy atom. The van der Waals surface area contributed by atoms with Gasteiger partial charge in [0, 0.05) is 5.56 Å². The highest BCUT2D eigenvalue weighted by Gasteiger charge is 2.08. The number of carbonyl (C=O) groups excluding carboxylic acids is 1. The molecule has 2 N–H and O–H groups in total. The van der Waals surface area contributed by atoms with Crippen LogP contribution in [0.1, 0.15) is 10.4 Å². The van der Waals surface area contributed by atoms with E-state index in [4.69, 9.17) is 0 Å². The molecule has 0 aliphatic rings. The molecule has 0 unspecified atom stereocenters. The molecule has 1 aromatic carbocycles. The second-order valence-corrected chi connectivity index (χ2v) is 3.50. The normalized spacial score (nSPS) is 10.6. The summed E-state index contributed by atoms with van der Waals surface area (Å²) in [5, 5.41) is 6.17. The van der Waals surface area contributed by atoms with Crippen molar-refractivity contribution >= 4 is 22.6 Å². The Labute approximate surface area is 95.6 Å². The van der Waals surface area contributed by atoms with Gasteiger partial charge >= 0.3 is 0 Å². The monoisotopic (exact) mass is 228 g/mol. The average molecular weight is 228 g/mol. The Morgan fingerprint density at radius 3 is 3.18 bits per heavy atom. The van der Waals surface area contributed by atoms with Crippen molar-refractivity contribution in [1.82, 2.24) is 15.1 Å². The molecule has 0 spiro atoms. The van der Waals surface area contributed by atoms with E-state index in [0.29, 0.717) is 11.3 Å². The number of hydrogen-bond acceptors (Lipinski definition) is 4. The van der Waals surface area contributed by atoms with Gasteiger partial charge in [-0.3, -0.25) is 4.79 Å². The van der Waals surface area contributed by atoms with Crippen molar-refractivity contribution in [2.24, 2.45) is 0 Å². The molecule has 6 nitrogen and oxygen atoms in total. The molecule has 0 atom stereocenters. The van der Waals surface area contributed by atoms with Gasteiger partial charge in [-0.2, -0.15) is 0 Å². The van der Waals surface area contributed by atoms with Gasteiger partial charge in [0.2, 0.25) is 0 Å². The van der Waals surface area contributed by atoms with E-state index in [1.807, 2.05) is 0 Å². The van der Waals surface area contributed by atoms with Crippen molar-refractivity contribution in [2.45, 2.75) is 0 Å². The topological polar surface area (TPSA) is 83.8 Å². The molecule has 2 heterocycles. The Balaban J connectivity index is 1.90. The maximum absolute atomic E-state index is 11.9. The zero-order chi connectivity index (χ0) is 11.7. The van der Waals surface area contributed by atoms with E-state index in [0.717, 1.165) is 11.0 Å². The summed E-state index contributed by atoms with van der Waals surface area (Å²) in [6.45, 7) is 0. The Kier molecular flexibility index (Phi) is 2.11. The number of nitrogens with zero attached hydrogens (tertiary/aromatic N) is 2. The fourth-order valence-corrected chi connectivity index (χ4v) is 1.55. The number of hydrogen-bond donors (Lipinski definition) is 2. The number of anilines is 1. The van der Waals surface area contributed by atoms with E-state index in [1.165, 1.54) is 12.5 Å². The summed E-state index contributed by atoms with van der Waals surface area (Å²) < 4.78 is 4.63. The molecule has 0 saturated heterocycles. The minimum atomic E-state index is -0.218. The number of fused-ring (bicyclic) bond motifs is 1. The maximum Gasteiger partial charge on any atom is 0.255 e. The molecule has 0 aliphatic carbocycles. The van der Waals surface area contributed by atoms with Crippen LogP contribution in [0.4, 0.5) is 5.69 Å². The molecule has 3 rings (SSSR count). The molecule has 0 bridgehead atoms. The summed E-state index contributed by atoms with van der Waals surface area (Å²) in [5.74, 6) is -0.218. The molecule has 6 heteroatoms. The zero-order valence-electron chi connectivity index (χ0n) is 8.68. The van der Waals surface area contributed by atoms with Crippen LogP contribution in [0, 0.1) is 0 Å². The molecule has 3 aromatic rings. The molecule has 84 valence electrons. The highest BCUT2D eigenvalue weighted by Crippen LogP contribution is 2.13. The fourth-order valence-electron chi connectivity index (χ4n) is 1.55. The number of rotatable bonds is 2. The van der Waals surface area contributed by atoms with Crippen molar-refractivity contribution in [3.8, 4) is 0 Å². The van der Waals surface area contributed by atoms with E-state index in [9.17, 15) is 4.79 Å². The van der Waals surface area contributed by atoms with Crippen LogP contribution in [0.3, 0.4) is 0 Å². The van der Waals surface area contributed by atoms with Crippen molar-refractivity contribution in [2.75, 3.05) is 5.32 Å². The maximum atomic E-state index is 11.9. The molecule has 17 heavy (non-hydrogen) atoms. The molecular weight excluding hydrogens is 220 g/mol. The molecule has 0 fully saturated rings. The van der Waals surface area contributed by atoms with Crippen molar-refractivity contribution in [3.63, 3.8) is 0 Å². The lowest BCUT2D eigenvalue weighted by Gasteiger charge is -2.01. The lowest BCUT2D eigenvalue weighted by molar-refractivity contribution is 0.102. The van der Waals surface area contributed by atoms with Crippen LogP contribution in [0.15, 0.2) is 41.5 Å². The summed E-state index contributed by atoms with van der Waals surface area (Å²) in [4.78, 5) is 18.9. The van der Waals surface area contributed by atoms with E-state index < -0.39 is 0 Å². The van der Waals surface area contributed by atoms with Crippen LogP contribution in [-0.2, 0) is 0 Å². The van der Waals surface area contributed by atoms with Crippen LogP contribution in [0.5, 0.6) is 0 Å². The highest BCUT2D eigenvalue weighted by molar-refractivity contribution is 6.05. The number of carbonyl (C=O) groups is 1. The highest BCUT2D eigenvalue weighted by atomic mass is 16.5. The fraction of sp³-hybridized carbons (Fsp3) is 0. The summed E-state index contributed by atoms with van der Waals surface area (Å²) >= 11 is 0. The molecule has 2 aromatic heterocycles. The second-order valence-electron chi connectivity index (χ2n) is 3.50. The van der Waals surface area contributed by atoms with Gasteiger partial charge in [-0.05, 0) is 18.2 Å². The van der Waals surface area contributed by atoms with Gasteiger partial charge < -0.3 is 14.8 Å². The van der Waals surface area contributed by atoms with Crippen molar-refractivity contribution in [3.05, 3.63) is 42.5 Å². The summed E-state index contributed by atoms with van der Waals surface area (Å²) in [5.41, 5.74) is 2.72. The minimum Gasteiger partial charge on any atom is -0.363 e. The standard InChI is InChI=1S/C11H8N4O2/c16-11(15-8-4-14-17-5-8)7-1-2-9-10(3-7)13-6-12-9/h1-6H,(H,12,13)(H,15,16). The molecular formula is C11H8N4O2. The summed E-state index contributed by atoms with van der Waals surface area (Å²) in [6.07, 6.45) is 4.39. The number of H-pyrrole nitrogens is 1. The first-order valence-corrected chi connectivity index (χ1v) is 4.97. The van der Waals surface area contributed by atoms with Gasteiger partial charge in [0.05, 0.1) is 23.6 Å². The first-order chi connectivity index (χ1) is 8.33. The number of amides is 1. The van der Waals surface area contributed by atoms with Gasteiger partial charge in [0.15, 0.2) is 0 Å². The zero-order valence-corrected chi connectivity index (χ0v) is 8.68. The van der Waals surface area contributed by atoms with E-state index >= 15 is 0 Å². The van der Waals surface area contributed by atoms with Gasteiger partial charge in [-0.25, -0.2) is 4.98 Å². The Bertz CT molecular complexity index is 657. The van der Waals surface area contributed by atoms with Crippen molar-refractivity contribution < 1.29 is 9.32 Å². The predicted octanol–water partition coefficient (Wildman–Crippen LogP) is 1.80.